The van der Waals surface area contributed by atoms with Gasteiger partial charge in [-0.15, -0.1) is 0 Å². The van der Waals surface area contributed by atoms with E-state index < -0.39 is 25.2 Å². The molecule has 0 saturated carbocycles. The lowest BCUT2D eigenvalue weighted by atomic mass is 10.5. The van der Waals surface area contributed by atoms with Gasteiger partial charge >= 0.3 is 6.18 Å². The predicted molar refractivity (Wildman–Crippen MR) is 33.1 cm³/mol. The van der Waals surface area contributed by atoms with Gasteiger partial charge < -0.3 is 5.32 Å². The van der Waals surface area contributed by atoms with Crippen molar-refractivity contribution < 1.29 is 18.0 Å². The Balaban J connectivity index is 3.65. The minimum Gasteiger partial charge on any atom is -0.347 e. The highest BCUT2D eigenvalue weighted by Crippen LogP contribution is 2.11. The maximum absolute atomic E-state index is 11.4. The number of carbonyl (C=O) groups excluding carboxylic acids is 1. The van der Waals surface area contributed by atoms with Crippen molar-refractivity contribution in [3.8, 4) is 0 Å². The Morgan fingerprint density at radius 2 is 2.17 bits per heavy atom. The highest BCUT2D eigenvalue weighted by Gasteiger charge is 2.27. The van der Waals surface area contributed by atoms with Crippen molar-refractivity contribution >= 4 is 5.91 Å². The molecule has 68 valence electrons. The topological polar surface area (TPSA) is 77.9 Å². The minimum atomic E-state index is -4.44. The Labute approximate surface area is 65.2 Å². The fourth-order valence-corrected chi connectivity index (χ4v) is 0.351. The first-order chi connectivity index (χ1) is 5.45. The second-order valence-corrected chi connectivity index (χ2v) is 1.78. The molecule has 0 aromatic heterocycles. The van der Waals surface area contributed by atoms with Crippen molar-refractivity contribution in [2.45, 2.75) is 6.18 Å². The summed E-state index contributed by atoms with van der Waals surface area (Å²) < 4.78 is 34.3. The molecule has 0 aromatic carbocycles. The molecule has 0 aromatic rings. The standard InChI is InChI=1S/C4H5F3N4O/c5-4(6,7)2-9-3(12)1-10-11-8/h1-2H2,(H,9,12). The van der Waals surface area contributed by atoms with Crippen molar-refractivity contribution in [3.05, 3.63) is 10.4 Å². The van der Waals surface area contributed by atoms with Gasteiger partial charge in [-0.1, -0.05) is 5.11 Å². The summed E-state index contributed by atoms with van der Waals surface area (Å²) in [6.07, 6.45) is -4.44. The van der Waals surface area contributed by atoms with Crippen LogP contribution in [0.3, 0.4) is 0 Å². The van der Waals surface area contributed by atoms with E-state index in [1.165, 1.54) is 5.32 Å². The van der Waals surface area contributed by atoms with Crippen molar-refractivity contribution in [3.63, 3.8) is 0 Å². The van der Waals surface area contributed by atoms with Crippen molar-refractivity contribution in [2.75, 3.05) is 13.1 Å². The molecule has 0 aliphatic heterocycles. The van der Waals surface area contributed by atoms with Gasteiger partial charge in [0.05, 0.1) is 0 Å². The summed E-state index contributed by atoms with van der Waals surface area (Å²) in [5.74, 6) is -0.954. The summed E-state index contributed by atoms with van der Waals surface area (Å²) in [5.41, 5.74) is 7.70. The third-order valence-corrected chi connectivity index (χ3v) is 0.764. The summed E-state index contributed by atoms with van der Waals surface area (Å²) in [6, 6.07) is 0. The monoisotopic (exact) mass is 182 g/mol. The molecule has 1 amide bonds. The van der Waals surface area contributed by atoms with Gasteiger partial charge in [0.15, 0.2) is 0 Å². The Hall–Kier alpha value is -1.43. The van der Waals surface area contributed by atoms with E-state index in [4.69, 9.17) is 5.53 Å². The summed E-state index contributed by atoms with van der Waals surface area (Å²) in [7, 11) is 0. The zero-order chi connectivity index (χ0) is 9.61. The van der Waals surface area contributed by atoms with E-state index in [1.54, 1.807) is 0 Å². The van der Waals surface area contributed by atoms with Gasteiger partial charge in [-0.2, -0.15) is 13.2 Å². The van der Waals surface area contributed by atoms with Crippen LogP contribution >= 0.6 is 0 Å². The van der Waals surface area contributed by atoms with Crippen LogP contribution in [0.5, 0.6) is 0 Å². The Morgan fingerprint density at radius 3 is 2.58 bits per heavy atom. The predicted octanol–water partition coefficient (Wildman–Crippen LogP) is 0.975. The van der Waals surface area contributed by atoms with Crippen molar-refractivity contribution in [2.24, 2.45) is 5.11 Å². The molecule has 0 bridgehead atoms. The van der Waals surface area contributed by atoms with Crippen LogP contribution in [0, 0.1) is 0 Å². The first-order valence-electron chi connectivity index (χ1n) is 2.80. The zero-order valence-corrected chi connectivity index (χ0v) is 5.80. The zero-order valence-electron chi connectivity index (χ0n) is 5.80. The third kappa shape index (κ3) is 6.69. The average molecular weight is 182 g/mol. The van der Waals surface area contributed by atoms with Crippen LogP contribution in [0.25, 0.3) is 10.4 Å². The minimum absolute atomic E-state index is 0.618. The summed E-state index contributed by atoms with van der Waals surface area (Å²) in [4.78, 5) is 12.6. The van der Waals surface area contributed by atoms with Crippen LogP contribution in [0.15, 0.2) is 5.11 Å². The number of rotatable bonds is 3. The number of halogens is 3. The van der Waals surface area contributed by atoms with Crippen LogP contribution in [0.2, 0.25) is 0 Å². The number of nitrogens with zero attached hydrogens (tertiary/aromatic N) is 3. The maximum Gasteiger partial charge on any atom is 0.405 e. The fourth-order valence-electron chi connectivity index (χ4n) is 0.351. The van der Waals surface area contributed by atoms with Gasteiger partial charge in [0.1, 0.15) is 13.1 Å². The first kappa shape index (κ1) is 10.6. The molecule has 5 nitrogen and oxygen atoms in total. The molecule has 0 radical (unpaired) electrons. The summed E-state index contributed by atoms with van der Waals surface area (Å²) >= 11 is 0. The van der Waals surface area contributed by atoms with Crippen LogP contribution in [0.4, 0.5) is 13.2 Å². The Kier molecular flexibility index (Phi) is 3.92. The largest absolute Gasteiger partial charge is 0.405 e. The highest BCUT2D eigenvalue weighted by molar-refractivity contribution is 5.78. The Bertz CT molecular complexity index is 207. The molecule has 12 heavy (non-hydrogen) atoms. The lowest BCUT2D eigenvalue weighted by Gasteiger charge is -2.06. The van der Waals surface area contributed by atoms with Gasteiger partial charge in [0, 0.05) is 4.91 Å². The smallest absolute Gasteiger partial charge is 0.347 e. The van der Waals surface area contributed by atoms with Gasteiger partial charge in [0.2, 0.25) is 5.91 Å². The average Bonchev–Trinajstić information content (AvgIpc) is 1.95. The quantitative estimate of drug-likeness (QED) is 0.394. The molecule has 8 heteroatoms. The first-order valence-corrected chi connectivity index (χ1v) is 2.80. The molecular weight excluding hydrogens is 177 g/mol. The molecule has 0 aliphatic rings. The highest BCUT2D eigenvalue weighted by atomic mass is 19.4. The van der Waals surface area contributed by atoms with E-state index in [2.05, 4.69) is 10.0 Å². The molecule has 0 heterocycles. The number of hydrogen-bond acceptors (Lipinski definition) is 2. The SMILES string of the molecule is [N-]=[N+]=NCC(=O)NCC(F)(F)F. The van der Waals surface area contributed by atoms with E-state index in [1.807, 2.05) is 0 Å². The van der Waals surface area contributed by atoms with E-state index in [9.17, 15) is 18.0 Å². The van der Waals surface area contributed by atoms with Crippen molar-refractivity contribution in [1.82, 2.24) is 5.32 Å². The number of azide groups is 1. The normalized spacial score (nSPS) is 10.2. The van der Waals surface area contributed by atoms with Crippen molar-refractivity contribution in [1.29, 1.82) is 0 Å². The van der Waals surface area contributed by atoms with Gasteiger partial charge in [0.25, 0.3) is 0 Å². The summed E-state index contributed by atoms with van der Waals surface area (Å²) in [6.45, 7) is -2.03. The number of alkyl halides is 3. The second-order valence-electron chi connectivity index (χ2n) is 1.78. The lowest BCUT2D eigenvalue weighted by molar-refractivity contribution is -0.137. The molecule has 0 saturated heterocycles. The third-order valence-electron chi connectivity index (χ3n) is 0.764. The molecular formula is C4H5F3N4O. The molecule has 0 aliphatic carbocycles. The van der Waals surface area contributed by atoms with Crippen LogP contribution in [-0.2, 0) is 4.79 Å². The molecule has 0 atom stereocenters. The maximum atomic E-state index is 11.4. The number of nitrogens with one attached hydrogen (secondary N) is 1. The Morgan fingerprint density at radius 1 is 1.58 bits per heavy atom. The van der Waals surface area contributed by atoms with E-state index >= 15 is 0 Å². The van der Waals surface area contributed by atoms with Crippen LogP contribution in [0.1, 0.15) is 0 Å². The number of amides is 1. The molecule has 0 fully saturated rings. The summed E-state index contributed by atoms with van der Waals surface area (Å²) in [5, 5.41) is 4.30. The van der Waals surface area contributed by atoms with Crippen LogP contribution in [-0.4, -0.2) is 25.2 Å². The fraction of sp³-hybridized carbons (Fsp3) is 0.750. The van der Waals surface area contributed by atoms with E-state index in [0.717, 1.165) is 0 Å². The molecule has 0 spiro atoms. The van der Waals surface area contributed by atoms with Gasteiger partial charge in [-0.3, -0.25) is 4.79 Å². The lowest BCUT2D eigenvalue weighted by Crippen LogP contribution is -2.34. The second kappa shape index (κ2) is 4.45. The number of carbonyl (C=O) groups is 1. The van der Waals surface area contributed by atoms with E-state index in [0.29, 0.717) is 0 Å². The van der Waals surface area contributed by atoms with Gasteiger partial charge in [-0.05, 0) is 5.53 Å². The van der Waals surface area contributed by atoms with Crippen LogP contribution < -0.4 is 5.32 Å². The number of hydrogen-bond donors (Lipinski definition) is 1. The molecule has 0 unspecified atom stereocenters. The molecule has 1 N–H and O–H groups in total. The van der Waals surface area contributed by atoms with E-state index in [-0.39, 0.29) is 0 Å². The van der Waals surface area contributed by atoms with Gasteiger partial charge in [-0.25, -0.2) is 0 Å². The molecule has 0 rings (SSSR count).